The lowest BCUT2D eigenvalue weighted by Gasteiger charge is -2.25. The molecule has 1 heterocycles. The third-order valence-corrected chi connectivity index (χ3v) is 4.97. The van der Waals surface area contributed by atoms with E-state index in [0.717, 1.165) is 22.2 Å². The molecule has 5 nitrogen and oxygen atoms in total. The smallest absolute Gasteiger partial charge is 0.330 e. The maximum atomic E-state index is 13.0. The molecule has 2 N–H and O–H groups in total. The molecule has 26 heavy (non-hydrogen) atoms. The highest BCUT2D eigenvalue weighted by Crippen LogP contribution is 2.31. The Morgan fingerprint density at radius 3 is 2.35 bits per heavy atom. The van der Waals surface area contributed by atoms with Crippen LogP contribution in [0.5, 0.6) is 0 Å². The Balaban J connectivity index is 1.72. The number of benzene rings is 2. The fourth-order valence-corrected chi connectivity index (χ4v) is 3.62. The molecule has 1 aromatic heterocycles. The van der Waals surface area contributed by atoms with Crippen LogP contribution in [0.3, 0.4) is 0 Å². The number of carboxylic acid groups (broad SMARTS) is 1. The molecule has 0 aliphatic heterocycles. The van der Waals surface area contributed by atoms with Crippen LogP contribution in [0.2, 0.25) is 0 Å². The molecule has 0 radical (unpaired) electrons. The highest BCUT2D eigenvalue weighted by atomic mass is 16.4. The molecule has 0 atom stereocenters. The van der Waals surface area contributed by atoms with E-state index in [0.29, 0.717) is 11.1 Å². The second-order valence-electron chi connectivity index (χ2n) is 6.79. The van der Waals surface area contributed by atoms with Gasteiger partial charge in [0.05, 0.1) is 11.1 Å². The second-order valence-corrected chi connectivity index (χ2v) is 6.79. The van der Waals surface area contributed by atoms with Gasteiger partial charge in [0.25, 0.3) is 5.91 Å². The van der Waals surface area contributed by atoms with Crippen molar-refractivity contribution < 1.29 is 14.7 Å². The maximum Gasteiger partial charge on any atom is 0.330 e. The summed E-state index contributed by atoms with van der Waals surface area (Å²) in [5.74, 6) is -1.43. The van der Waals surface area contributed by atoms with Crippen molar-refractivity contribution in [1.82, 2.24) is 10.3 Å². The van der Waals surface area contributed by atoms with Crippen LogP contribution in [-0.2, 0) is 17.6 Å². The summed E-state index contributed by atoms with van der Waals surface area (Å²) in [4.78, 5) is 29.5. The third kappa shape index (κ3) is 2.62. The van der Waals surface area contributed by atoms with Crippen LogP contribution in [0.15, 0.2) is 54.6 Å². The minimum Gasteiger partial charge on any atom is -0.479 e. The number of para-hydroxylation sites is 1. The number of pyridine rings is 1. The van der Waals surface area contributed by atoms with Gasteiger partial charge in [0.15, 0.2) is 0 Å². The van der Waals surface area contributed by atoms with E-state index >= 15 is 0 Å². The molecule has 130 valence electrons. The monoisotopic (exact) mass is 346 g/mol. The van der Waals surface area contributed by atoms with Crippen LogP contribution in [0.1, 0.15) is 27.2 Å². The van der Waals surface area contributed by atoms with Crippen molar-refractivity contribution in [2.75, 3.05) is 0 Å². The van der Waals surface area contributed by atoms with Gasteiger partial charge in [-0.1, -0.05) is 42.5 Å². The van der Waals surface area contributed by atoms with Gasteiger partial charge < -0.3 is 10.4 Å². The Bertz CT molecular complexity index is 1020. The molecule has 0 fully saturated rings. The van der Waals surface area contributed by atoms with E-state index in [4.69, 9.17) is 0 Å². The minimum absolute atomic E-state index is 0.279. The zero-order chi connectivity index (χ0) is 18.3. The largest absolute Gasteiger partial charge is 0.479 e. The van der Waals surface area contributed by atoms with Crippen LogP contribution in [0, 0.1) is 6.92 Å². The van der Waals surface area contributed by atoms with Crippen molar-refractivity contribution in [3.63, 3.8) is 0 Å². The van der Waals surface area contributed by atoms with Crippen molar-refractivity contribution in [3.8, 4) is 0 Å². The molecule has 2 aromatic carbocycles. The maximum absolute atomic E-state index is 13.0. The number of hydrogen-bond donors (Lipinski definition) is 2. The summed E-state index contributed by atoms with van der Waals surface area (Å²) in [6.45, 7) is 1.86. The van der Waals surface area contributed by atoms with E-state index in [-0.39, 0.29) is 12.8 Å². The molecule has 0 spiro atoms. The average Bonchev–Trinajstić information content (AvgIpc) is 3.00. The number of hydrogen-bond acceptors (Lipinski definition) is 3. The number of carbonyl (C=O) groups is 2. The predicted molar refractivity (Wildman–Crippen MR) is 98.2 cm³/mol. The molecular formula is C21H18N2O3. The van der Waals surface area contributed by atoms with Gasteiger partial charge in [-0.3, -0.25) is 9.78 Å². The normalized spacial score (nSPS) is 14.8. The quantitative estimate of drug-likeness (QED) is 0.764. The Morgan fingerprint density at radius 1 is 1.00 bits per heavy atom. The first-order chi connectivity index (χ1) is 12.5. The van der Waals surface area contributed by atoms with E-state index in [2.05, 4.69) is 10.3 Å². The van der Waals surface area contributed by atoms with Crippen molar-refractivity contribution in [3.05, 3.63) is 77.0 Å². The Morgan fingerprint density at radius 2 is 1.69 bits per heavy atom. The molecule has 0 unspecified atom stereocenters. The number of aryl methyl sites for hydroxylation is 1. The zero-order valence-electron chi connectivity index (χ0n) is 14.3. The summed E-state index contributed by atoms with van der Waals surface area (Å²) in [7, 11) is 0. The summed E-state index contributed by atoms with van der Waals surface area (Å²) in [5, 5.41) is 13.5. The van der Waals surface area contributed by atoms with Gasteiger partial charge in [0, 0.05) is 23.9 Å². The highest BCUT2D eigenvalue weighted by molar-refractivity contribution is 6.07. The first-order valence-corrected chi connectivity index (χ1v) is 8.48. The van der Waals surface area contributed by atoms with Gasteiger partial charge in [-0.2, -0.15) is 0 Å². The molecule has 4 rings (SSSR count). The van der Waals surface area contributed by atoms with Gasteiger partial charge in [-0.25, -0.2) is 4.79 Å². The van der Waals surface area contributed by atoms with Crippen LogP contribution < -0.4 is 5.32 Å². The van der Waals surface area contributed by atoms with E-state index in [9.17, 15) is 14.7 Å². The second kappa shape index (κ2) is 5.95. The van der Waals surface area contributed by atoms with Gasteiger partial charge >= 0.3 is 5.97 Å². The zero-order valence-corrected chi connectivity index (χ0v) is 14.3. The third-order valence-electron chi connectivity index (χ3n) is 4.97. The standard InChI is InChI=1S/C21H18N2O3/c1-13-9-10-14-7-4-8-17(18(14)22-13)19(24)23-21(20(25)26)11-15-5-2-3-6-16(15)12-21/h2-10H,11-12H2,1H3,(H,23,24)(H,25,26). The number of carbonyl (C=O) groups excluding carboxylic acids is 1. The first kappa shape index (κ1) is 16.3. The summed E-state index contributed by atoms with van der Waals surface area (Å²) < 4.78 is 0. The van der Waals surface area contributed by atoms with E-state index < -0.39 is 17.4 Å². The summed E-state index contributed by atoms with van der Waals surface area (Å²) in [6.07, 6.45) is 0.558. The Labute approximate surface area is 150 Å². The number of nitrogens with one attached hydrogen (secondary N) is 1. The molecular weight excluding hydrogens is 328 g/mol. The Hall–Kier alpha value is -3.21. The topological polar surface area (TPSA) is 79.3 Å². The number of amides is 1. The Kier molecular flexibility index (Phi) is 3.72. The number of carboxylic acids is 1. The van der Waals surface area contributed by atoms with Crippen molar-refractivity contribution in [1.29, 1.82) is 0 Å². The summed E-state index contributed by atoms with van der Waals surface area (Å²) in [6, 6.07) is 16.7. The average molecular weight is 346 g/mol. The van der Waals surface area contributed by atoms with Crippen molar-refractivity contribution in [2.45, 2.75) is 25.3 Å². The lowest BCUT2D eigenvalue weighted by molar-refractivity contribution is -0.144. The number of fused-ring (bicyclic) bond motifs is 2. The fourth-order valence-electron chi connectivity index (χ4n) is 3.62. The van der Waals surface area contributed by atoms with Crippen LogP contribution >= 0.6 is 0 Å². The van der Waals surface area contributed by atoms with Gasteiger partial charge in [-0.05, 0) is 30.2 Å². The highest BCUT2D eigenvalue weighted by Gasteiger charge is 2.45. The molecule has 5 heteroatoms. The minimum atomic E-state index is -1.33. The lowest BCUT2D eigenvalue weighted by Crippen LogP contribution is -2.55. The van der Waals surface area contributed by atoms with E-state index in [1.165, 1.54) is 0 Å². The molecule has 0 saturated carbocycles. The molecule has 1 aliphatic rings. The molecule has 1 aliphatic carbocycles. The molecule has 3 aromatic rings. The number of rotatable bonds is 3. The predicted octanol–water partition coefficient (Wildman–Crippen LogP) is 2.90. The van der Waals surface area contributed by atoms with E-state index in [1.54, 1.807) is 12.1 Å². The molecule has 1 amide bonds. The fraction of sp³-hybridized carbons (Fsp3) is 0.190. The molecule has 0 bridgehead atoms. The van der Waals surface area contributed by atoms with E-state index in [1.807, 2.05) is 49.4 Å². The van der Waals surface area contributed by atoms with Crippen molar-refractivity contribution >= 4 is 22.8 Å². The molecule has 0 saturated heterocycles. The van der Waals surface area contributed by atoms with Gasteiger partial charge in [0.1, 0.15) is 5.54 Å². The van der Waals surface area contributed by atoms with Crippen LogP contribution in [0.4, 0.5) is 0 Å². The SMILES string of the molecule is Cc1ccc2cccc(C(=O)NC3(C(=O)O)Cc4ccccc4C3)c2n1. The number of aromatic nitrogens is 1. The lowest BCUT2D eigenvalue weighted by atomic mass is 9.95. The number of nitrogens with zero attached hydrogens (tertiary/aromatic N) is 1. The summed E-state index contributed by atoms with van der Waals surface area (Å²) in [5.41, 5.74) is 2.37. The van der Waals surface area contributed by atoms with Gasteiger partial charge in [0.2, 0.25) is 0 Å². The van der Waals surface area contributed by atoms with Crippen molar-refractivity contribution in [2.24, 2.45) is 0 Å². The first-order valence-electron chi connectivity index (χ1n) is 8.48. The van der Waals surface area contributed by atoms with Crippen LogP contribution in [0.25, 0.3) is 10.9 Å². The van der Waals surface area contributed by atoms with Gasteiger partial charge in [-0.15, -0.1) is 0 Å². The number of aliphatic carboxylic acids is 1. The summed E-state index contributed by atoms with van der Waals surface area (Å²) >= 11 is 0. The van der Waals surface area contributed by atoms with Crippen LogP contribution in [-0.4, -0.2) is 27.5 Å².